The third-order valence-corrected chi connectivity index (χ3v) is 3.87. The molecule has 0 aliphatic carbocycles. The van der Waals surface area contributed by atoms with Crippen molar-refractivity contribution in [2.45, 2.75) is 52.4 Å². The van der Waals surface area contributed by atoms with Crippen LogP contribution in [0.25, 0.3) is 0 Å². The molecule has 1 heterocycles. The summed E-state index contributed by atoms with van der Waals surface area (Å²) < 4.78 is 0. The molecule has 1 fully saturated rings. The minimum Gasteiger partial charge on any atom is -0.330 e. The molecule has 16 heavy (non-hydrogen) atoms. The number of likely N-dealkylation sites (tertiary alicyclic amines) is 1. The average molecular weight is 226 g/mol. The molecule has 0 aromatic heterocycles. The zero-order valence-electron chi connectivity index (χ0n) is 11.3. The van der Waals surface area contributed by atoms with Gasteiger partial charge in [-0.1, -0.05) is 26.7 Å². The minimum atomic E-state index is 0.866. The van der Waals surface area contributed by atoms with Crippen LogP contribution in [0.3, 0.4) is 0 Å². The zero-order chi connectivity index (χ0) is 11.8. The van der Waals surface area contributed by atoms with Gasteiger partial charge < -0.3 is 10.6 Å². The number of nitrogens with zero attached hydrogens (tertiary/aromatic N) is 1. The van der Waals surface area contributed by atoms with Crippen molar-refractivity contribution in [3.05, 3.63) is 0 Å². The van der Waals surface area contributed by atoms with E-state index >= 15 is 0 Å². The molecule has 1 aliphatic rings. The van der Waals surface area contributed by atoms with Crippen LogP contribution in [0.1, 0.15) is 52.4 Å². The Morgan fingerprint density at radius 3 is 2.69 bits per heavy atom. The average Bonchev–Trinajstić information content (AvgIpc) is 2.65. The van der Waals surface area contributed by atoms with Gasteiger partial charge in [-0.25, -0.2) is 0 Å². The summed E-state index contributed by atoms with van der Waals surface area (Å²) in [5.41, 5.74) is 5.66. The number of hydrogen-bond acceptors (Lipinski definition) is 2. The molecule has 2 unspecified atom stereocenters. The first-order valence-electron chi connectivity index (χ1n) is 7.18. The minimum absolute atomic E-state index is 0.866. The molecule has 0 amide bonds. The first-order valence-corrected chi connectivity index (χ1v) is 7.18. The van der Waals surface area contributed by atoms with E-state index in [9.17, 15) is 0 Å². The third kappa shape index (κ3) is 5.31. The van der Waals surface area contributed by atoms with E-state index in [1.54, 1.807) is 0 Å². The lowest BCUT2D eigenvalue weighted by Crippen LogP contribution is -2.22. The normalized spacial score (nSPS) is 23.8. The van der Waals surface area contributed by atoms with Gasteiger partial charge in [-0.15, -0.1) is 0 Å². The predicted octanol–water partition coefficient (Wildman–Crippen LogP) is 2.87. The Hall–Kier alpha value is -0.0800. The summed E-state index contributed by atoms with van der Waals surface area (Å²) in [6.45, 7) is 9.49. The summed E-state index contributed by atoms with van der Waals surface area (Å²) in [5.74, 6) is 1.81. The molecule has 2 N–H and O–H groups in total. The summed E-state index contributed by atoms with van der Waals surface area (Å²) in [4.78, 5) is 2.64. The highest BCUT2D eigenvalue weighted by atomic mass is 15.1. The molecule has 2 nitrogen and oxygen atoms in total. The van der Waals surface area contributed by atoms with Crippen LogP contribution in [-0.4, -0.2) is 31.1 Å². The van der Waals surface area contributed by atoms with Crippen LogP contribution in [0.4, 0.5) is 0 Å². The van der Waals surface area contributed by atoms with Gasteiger partial charge in [-0.2, -0.15) is 0 Å². The molecule has 0 aromatic rings. The van der Waals surface area contributed by atoms with Crippen LogP contribution in [0.2, 0.25) is 0 Å². The lowest BCUT2D eigenvalue weighted by molar-refractivity contribution is 0.299. The first-order chi connectivity index (χ1) is 7.76. The number of nitrogens with two attached hydrogens (primary N) is 1. The quantitative estimate of drug-likeness (QED) is 0.689. The van der Waals surface area contributed by atoms with Crippen LogP contribution in [0.5, 0.6) is 0 Å². The maximum Gasteiger partial charge on any atom is 0.000750 e. The SMILES string of the molecule is CCCC(CCN)CCCN1CCC(C)C1. The van der Waals surface area contributed by atoms with Crippen LogP contribution < -0.4 is 5.73 Å². The lowest BCUT2D eigenvalue weighted by atomic mass is 9.94. The zero-order valence-corrected chi connectivity index (χ0v) is 11.3. The van der Waals surface area contributed by atoms with E-state index in [2.05, 4.69) is 18.7 Å². The molecule has 0 spiro atoms. The highest BCUT2D eigenvalue weighted by molar-refractivity contribution is 4.72. The largest absolute Gasteiger partial charge is 0.330 e. The smallest absolute Gasteiger partial charge is 0.000750 e. The molecule has 0 bridgehead atoms. The Balaban J connectivity index is 2.07. The number of rotatable bonds is 8. The van der Waals surface area contributed by atoms with Crippen molar-refractivity contribution < 1.29 is 0 Å². The van der Waals surface area contributed by atoms with Gasteiger partial charge in [0.2, 0.25) is 0 Å². The van der Waals surface area contributed by atoms with Crippen LogP contribution in [0.15, 0.2) is 0 Å². The molecular formula is C14H30N2. The number of hydrogen-bond donors (Lipinski definition) is 1. The van der Waals surface area contributed by atoms with E-state index < -0.39 is 0 Å². The van der Waals surface area contributed by atoms with Crippen molar-refractivity contribution in [2.75, 3.05) is 26.2 Å². The monoisotopic (exact) mass is 226 g/mol. The maximum atomic E-state index is 5.66. The molecule has 0 saturated carbocycles. The van der Waals surface area contributed by atoms with E-state index in [4.69, 9.17) is 5.73 Å². The summed E-state index contributed by atoms with van der Waals surface area (Å²) >= 11 is 0. The molecule has 1 aliphatic heterocycles. The van der Waals surface area contributed by atoms with Gasteiger partial charge in [-0.05, 0) is 57.2 Å². The van der Waals surface area contributed by atoms with Crippen molar-refractivity contribution >= 4 is 0 Å². The van der Waals surface area contributed by atoms with Gasteiger partial charge in [0.1, 0.15) is 0 Å². The van der Waals surface area contributed by atoms with Crippen LogP contribution in [0, 0.1) is 11.8 Å². The van der Waals surface area contributed by atoms with Crippen molar-refractivity contribution in [1.82, 2.24) is 4.90 Å². The topological polar surface area (TPSA) is 29.3 Å². The van der Waals surface area contributed by atoms with E-state index in [1.807, 2.05) is 0 Å². The Morgan fingerprint density at radius 1 is 1.31 bits per heavy atom. The van der Waals surface area contributed by atoms with Gasteiger partial charge >= 0.3 is 0 Å². The molecule has 0 aromatic carbocycles. The Bertz CT molecular complexity index is 164. The predicted molar refractivity (Wildman–Crippen MR) is 71.5 cm³/mol. The fourth-order valence-corrected chi connectivity index (χ4v) is 2.91. The van der Waals surface area contributed by atoms with Gasteiger partial charge in [0.15, 0.2) is 0 Å². The summed E-state index contributed by atoms with van der Waals surface area (Å²) in [6.07, 6.45) is 8.07. The second-order valence-corrected chi connectivity index (χ2v) is 5.57. The van der Waals surface area contributed by atoms with Crippen LogP contribution >= 0.6 is 0 Å². The molecule has 96 valence electrons. The molecular weight excluding hydrogens is 196 g/mol. The second kappa shape index (κ2) is 8.08. The van der Waals surface area contributed by atoms with E-state index in [-0.39, 0.29) is 0 Å². The Kier molecular flexibility index (Phi) is 7.06. The lowest BCUT2D eigenvalue weighted by Gasteiger charge is -2.18. The summed E-state index contributed by atoms with van der Waals surface area (Å²) in [6, 6.07) is 0. The highest BCUT2D eigenvalue weighted by Crippen LogP contribution is 2.19. The van der Waals surface area contributed by atoms with E-state index in [0.717, 1.165) is 18.4 Å². The summed E-state index contributed by atoms with van der Waals surface area (Å²) in [7, 11) is 0. The van der Waals surface area contributed by atoms with Crippen molar-refractivity contribution in [3.8, 4) is 0 Å². The summed E-state index contributed by atoms with van der Waals surface area (Å²) in [5, 5.41) is 0. The van der Waals surface area contributed by atoms with Crippen molar-refractivity contribution in [3.63, 3.8) is 0 Å². The molecule has 2 heteroatoms. The molecule has 2 atom stereocenters. The van der Waals surface area contributed by atoms with Gasteiger partial charge in [-0.3, -0.25) is 0 Å². The van der Waals surface area contributed by atoms with Gasteiger partial charge in [0.25, 0.3) is 0 Å². The highest BCUT2D eigenvalue weighted by Gasteiger charge is 2.18. The molecule has 1 rings (SSSR count). The van der Waals surface area contributed by atoms with Crippen molar-refractivity contribution in [1.29, 1.82) is 0 Å². The molecule has 1 saturated heterocycles. The van der Waals surface area contributed by atoms with Gasteiger partial charge in [0, 0.05) is 6.54 Å². The molecule has 0 radical (unpaired) electrons. The fraction of sp³-hybridized carbons (Fsp3) is 1.00. The Labute approximate surface area is 102 Å². The van der Waals surface area contributed by atoms with Crippen molar-refractivity contribution in [2.24, 2.45) is 17.6 Å². The first kappa shape index (κ1) is 14.0. The second-order valence-electron chi connectivity index (χ2n) is 5.57. The maximum absolute atomic E-state index is 5.66. The van der Waals surface area contributed by atoms with Gasteiger partial charge in [0.05, 0.1) is 0 Å². The standard InChI is InChI=1S/C14H30N2/c1-3-5-14(7-9-15)6-4-10-16-11-8-13(2)12-16/h13-14H,3-12,15H2,1-2H3. The Morgan fingerprint density at radius 2 is 2.12 bits per heavy atom. The third-order valence-electron chi connectivity index (χ3n) is 3.87. The van der Waals surface area contributed by atoms with Crippen LogP contribution in [-0.2, 0) is 0 Å². The fourth-order valence-electron chi connectivity index (χ4n) is 2.91. The van der Waals surface area contributed by atoms with E-state index in [1.165, 1.54) is 58.2 Å². The van der Waals surface area contributed by atoms with E-state index in [0.29, 0.717) is 0 Å².